The summed E-state index contributed by atoms with van der Waals surface area (Å²) in [5.74, 6) is 1.27. The number of fused-ring (bicyclic) bond motifs is 3. The molecule has 3 heteroatoms. The molecule has 4 rings (SSSR count). The first-order valence-corrected chi connectivity index (χ1v) is 11.7. The van der Waals surface area contributed by atoms with Crippen LogP contribution in [0.3, 0.4) is 0 Å². The zero-order valence-electron chi connectivity index (χ0n) is 17.7. The van der Waals surface area contributed by atoms with Crippen molar-refractivity contribution >= 4 is 17.2 Å². The van der Waals surface area contributed by atoms with Crippen molar-refractivity contribution in [1.29, 1.82) is 0 Å². The molecule has 0 bridgehead atoms. The molecule has 2 nitrogen and oxygen atoms in total. The highest BCUT2D eigenvalue weighted by Crippen LogP contribution is 2.57. The number of aryl methyl sites for hydroxylation is 1. The van der Waals surface area contributed by atoms with E-state index < -0.39 is 0 Å². The second-order valence-corrected chi connectivity index (χ2v) is 10.7. The molecule has 1 fully saturated rings. The van der Waals surface area contributed by atoms with E-state index in [9.17, 15) is 4.79 Å². The lowest BCUT2D eigenvalue weighted by molar-refractivity contribution is 0.0254. The Balaban J connectivity index is 1.61. The summed E-state index contributed by atoms with van der Waals surface area (Å²) in [5.41, 5.74) is 4.98. The van der Waals surface area contributed by atoms with Crippen LogP contribution >= 0.6 is 11.3 Å². The molecule has 0 aliphatic heterocycles. The van der Waals surface area contributed by atoms with E-state index in [0.717, 1.165) is 11.4 Å². The Morgan fingerprint density at radius 2 is 2.07 bits per heavy atom. The first kappa shape index (κ1) is 19.7. The number of hydrogen-bond donors (Lipinski definition) is 1. The highest BCUT2D eigenvalue weighted by molar-refractivity contribution is 7.12. The van der Waals surface area contributed by atoms with Crippen molar-refractivity contribution in [2.75, 3.05) is 6.54 Å². The third kappa shape index (κ3) is 3.32. The summed E-state index contributed by atoms with van der Waals surface area (Å²) in [5, 5.41) is 5.24. The molecule has 1 aromatic carbocycles. The van der Waals surface area contributed by atoms with Crippen molar-refractivity contribution in [1.82, 2.24) is 5.32 Å². The van der Waals surface area contributed by atoms with Gasteiger partial charge in [-0.1, -0.05) is 58.4 Å². The van der Waals surface area contributed by atoms with Crippen LogP contribution in [0.2, 0.25) is 0 Å². The van der Waals surface area contributed by atoms with Gasteiger partial charge < -0.3 is 5.32 Å². The van der Waals surface area contributed by atoms with E-state index in [0.29, 0.717) is 11.8 Å². The maximum atomic E-state index is 12.5. The molecule has 2 aliphatic rings. The van der Waals surface area contributed by atoms with Crippen LogP contribution in [0.4, 0.5) is 0 Å². The lowest BCUT2D eigenvalue weighted by Crippen LogP contribution is -2.53. The van der Waals surface area contributed by atoms with Crippen LogP contribution in [0.1, 0.15) is 85.7 Å². The van der Waals surface area contributed by atoms with Gasteiger partial charge in [-0.05, 0) is 76.5 Å². The molecule has 3 atom stereocenters. The van der Waals surface area contributed by atoms with Gasteiger partial charge in [0.15, 0.2) is 0 Å². The summed E-state index contributed by atoms with van der Waals surface area (Å²) in [6.45, 7) is 10.3. The fourth-order valence-electron chi connectivity index (χ4n) is 5.96. The molecule has 0 unspecified atom stereocenters. The van der Waals surface area contributed by atoms with Gasteiger partial charge in [0.25, 0.3) is 5.91 Å². The first-order valence-electron chi connectivity index (χ1n) is 10.8. The third-order valence-corrected chi connectivity index (χ3v) is 8.44. The number of hydrogen-bond acceptors (Lipinski definition) is 2. The van der Waals surface area contributed by atoms with Gasteiger partial charge >= 0.3 is 0 Å². The van der Waals surface area contributed by atoms with Gasteiger partial charge in [-0.15, -0.1) is 11.3 Å². The molecule has 1 saturated carbocycles. The smallest absolute Gasteiger partial charge is 0.261 e. The fourth-order valence-corrected chi connectivity index (χ4v) is 6.60. The third-order valence-electron chi connectivity index (χ3n) is 7.57. The Bertz CT molecular complexity index is 855. The highest BCUT2D eigenvalue weighted by Gasteiger charge is 2.51. The number of carbonyl (C=O) groups excluding carboxylic acids is 1. The molecule has 1 aromatic heterocycles. The van der Waals surface area contributed by atoms with Crippen LogP contribution < -0.4 is 5.32 Å². The van der Waals surface area contributed by atoms with Gasteiger partial charge in [0.1, 0.15) is 0 Å². The van der Waals surface area contributed by atoms with Crippen molar-refractivity contribution in [3.63, 3.8) is 0 Å². The average molecular weight is 396 g/mol. The largest absolute Gasteiger partial charge is 0.351 e. The monoisotopic (exact) mass is 395 g/mol. The zero-order valence-corrected chi connectivity index (χ0v) is 18.5. The van der Waals surface area contributed by atoms with Gasteiger partial charge in [0.2, 0.25) is 0 Å². The number of thiophene rings is 1. The van der Waals surface area contributed by atoms with Gasteiger partial charge in [-0.2, -0.15) is 0 Å². The van der Waals surface area contributed by atoms with E-state index in [4.69, 9.17) is 0 Å². The van der Waals surface area contributed by atoms with Gasteiger partial charge in [0.05, 0.1) is 4.88 Å². The second-order valence-electron chi connectivity index (χ2n) is 9.75. The zero-order chi connectivity index (χ0) is 19.9. The topological polar surface area (TPSA) is 29.1 Å². The van der Waals surface area contributed by atoms with Crippen molar-refractivity contribution in [3.8, 4) is 0 Å². The molecule has 28 heavy (non-hydrogen) atoms. The van der Waals surface area contributed by atoms with E-state index in [1.54, 1.807) is 11.1 Å². The standard InChI is InChI=1S/C25H33NOS/c1-17(2)19-9-8-18-10-11-22-24(3,12-6-13-25(22,4)20(18)15-19)16-26-23(27)21-7-5-14-28-21/h5,7-9,14-15,17,22H,6,10-13,16H2,1-4H3,(H,26,27)/t22-,24-,25+/m1/s1. The molecule has 1 amide bonds. The number of carbonyl (C=O) groups is 1. The summed E-state index contributed by atoms with van der Waals surface area (Å²) in [6.07, 6.45) is 6.11. The molecule has 1 heterocycles. The number of benzene rings is 1. The molecule has 1 N–H and O–H groups in total. The van der Waals surface area contributed by atoms with E-state index in [1.165, 1.54) is 49.0 Å². The van der Waals surface area contributed by atoms with Crippen LogP contribution in [-0.2, 0) is 11.8 Å². The van der Waals surface area contributed by atoms with E-state index in [-0.39, 0.29) is 16.7 Å². The summed E-state index contributed by atoms with van der Waals surface area (Å²) in [7, 11) is 0. The molecule has 2 aliphatic carbocycles. The van der Waals surface area contributed by atoms with Crippen molar-refractivity contribution in [2.24, 2.45) is 11.3 Å². The highest BCUT2D eigenvalue weighted by atomic mass is 32.1. The lowest BCUT2D eigenvalue weighted by Gasteiger charge is -2.55. The minimum Gasteiger partial charge on any atom is -0.351 e. The Labute approximate surface area is 173 Å². The van der Waals surface area contributed by atoms with Crippen molar-refractivity contribution < 1.29 is 4.79 Å². The molecular formula is C25H33NOS. The van der Waals surface area contributed by atoms with Gasteiger partial charge in [0, 0.05) is 6.54 Å². The van der Waals surface area contributed by atoms with Crippen molar-refractivity contribution in [3.05, 3.63) is 57.3 Å². The number of rotatable bonds is 4. The molecule has 150 valence electrons. The van der Waals surface area contributed by atoms with Crippen LogP contribution in [0.5, 0.6) is 0 Å². The quantitative estimate of drug-likeness (QED) is 0.645. The SMILES string of the molecule is CC(C)c1ccc2c(c1)[C@]1(C)CCC[C@](C)(CNC(=O)c3cccs3)[C@H]1CC2. The fraction of sp³-hybridized carbons (Fsp3) is 0.560. The van der Waals surface area contributed by atoms with Gasteiger partial charge in [-0.3, -0.25) is 4.79 Å². The molecular weight excluding hydrogens is 362 g/mol. The maximum absolute atomic E-state index is 12.5. The van der Waals surface area contributed by atoms with Crippen LogP contribution in [0, 0.1) is 11.3 Å². The Morgan fingerprint density at radius 1 is 1.25 bits per heavy atom. The van der Waals surface area contributed by atoms with E-state index >= 15 is 0 Å². The predicted octanol–water partition coefficient (Wildman–Crippen LogP) is 6.31. The van der Waals surface area contributed by atoms with Crippen molar-refractivity contribution in [2.45, 2.75) is 71.1 Å². The van der Waals surface area contributed by atoms with Crippen LogP contribution in [-0.4, -0.2) is 12.5 Å². The molecule has 2 aromatic rings. The summed E-state index contributed by atoms with van der Waals surface area (Å²) >= 11 is 1.52. The number of nitrogens with one attached hydrogen (secondary N) is 1. The first-order chi connectivity index (χ1) is 13.3. The van der Waals surface area contributed by atoms with Crippen LogP contribution in [0.15, 0.2) is 35.7 Å². The number of amides is 1. The molecule has 0 radical (unpaired) electrons. The molecule has 0 saturated heterocycles. The summed E-state index contributed by atoms with van der Waals surface area (Å²) in [6, 6.07) is 11.1. The second kappa shape index (κ2) is 7.33. The Hall–Kier alpha value is -1.61. The normalized spacial score (nSPS) is 29.2. The minimum atomic E-state index is 0.0850. The van der Waals surface area contributed by atoms with Gasteiger partial charge in [-0.25, -0.2) is 0 Å². The van der Waals surface area contributed by atoms with E-state index in [1.807, 2.05) is 17.5 Å². The molecule has 0 spiro atoms. The lowest BCUT2D eigenvalue weighted by atomic mass is 9.49. The minimum absolute atomic E-state index is 0.0850. The summed E-state index contributed by atoms with van der Waals surface area (Å²) in [4.78, 5) is 13.4. The average Bonchev–Trinajstić information content (AvgIpc) is 3.20. The van der Waals surface area contributed by atoms with Crippen LogP contribution in [0.25, 0.3) is 0 Å². The predicted molar refractivity (Wildman–Crippen MR) is 118 cm³/mol. The Kier molecular flexibility index (Phi) is 5.16. The Morgan fingerprint density at radius 3 is 2.79 bits per heavy atom. The van der Waals surface area contributed by atoms with E-state index in [2.05, 4.69) is 51.2 Å². The summed E-state index contributed by atoms with van der Waals surface area (Å²) < 4.78 is 0. The maximum Gasteiger partial charge on any atom is 0.261 e.